The van der Waals surface area contributed by atoms with Gasteiger partial charge in [0.1, 0.15) is 11.5 Å². The molecule has 2 rings (SSSR count). The van der Waals surface area contributed by atoms with Gasteiger partial charge in [-0.3, -0.25) is 4.31 Å². The second-order valence-electron chi connectivity index (χ2n) is 4.83. The van der Waals surface area contributed by atoms with Crippen molar-refractivity contribution in [1.29, 1.82) is 0 Å². The summed E-state index contributed by atoms with van der Waals surface area (Å²) in [5.74, 6) is -0.821. The fourth-order valence-corrected chi connectivity index (χ4v) is 3.22. The van der Waals surface area contributed by atoms with Gasteiger partial charge in [0.05, 0.1) is 17.7 Å². The van der Waals surface area contributed by atoms with E-state index in [1.165, 1.54) is 32.4 Å². The molecule has 0 unspecified atom stereocenters. The second-order valence-corrected chi connectivity index (χ2v) is 6.80. The molecule has 0 aliphatic carbocycles. The lowest BCUT2D eigenvalue weighted by atomic mass is 10.3. The Morgan fingerprint density at radius 3 is 2.33 bits per heavy atom. The molecule has 0 amide bonds. The minimum absolute atomic E-state index is 0.0615. The number of aliphatic carboxylic acids is 1. The van der Waals surface area contributed by atoms with Crippen LogP contribution in [-0.4, -0.2) is 40.3 Å². The van der Waals surface area contributed by atoms with Gasteiger partial charge in [-0.15, -0.1) is 0 Å². The summed E-state index contributed by atoms with van der Waals surface area (Å²) in [5, 5.41) is 8.68. The highest BCUT2D eigenvalue weighted by atomic mass is 32.2. The molecule has 0 saturated carbocycles. The van der Waals surface area contributed by atoms with Crippen LogP contribution >= 0.6 is 0 Å². The third kappa shape index (κ3) is 3.96. The van der Waals surface area contributed by atoms with Gasteiger partial charge < -0.3 is 14.6 Å². The molecule has 0 aliphatic rings. The summed E-state index contributed by atoms with van der Waals surface area (Å²) in [6.45, 7) is -0.582. The molecule has 0 heterocycles. The zero-order valence-electron chi connectivity index (χ0n) is 13.2. The minimum Gasteiger partial charge on any atom is -0.497 e. The van der Waals surface area contributed by atoms with Gasteiger partial charge in [-0.25, -0.2) is 13.2 Å². The third-order valence-electron chi connectivity index (χ3n) is 3.23. The fraction of sp³-hybridized carbons (Fsp3) is 0.188. The van der Waals surface area contributed by atoms with Gasteiger partial charge in [0.25, 0.3) is 10.0 Å². The van der Waals surface area contributed by atoms with Gasteiger partial charge in [-0.2, -0.15) is 0 Å². The van der Waals surface area contributed by atoms with Gasteiger partial charge >= 0.3 is 5.97 Å². The Balaban J connectivity index is 2.41. The summed E-state index contributed by atoms with van der Waals surface area (Å²) >= 11 is 0. The predicted octanol–water partition coefficient (Wildman–Crippen LogP) is 1.98. The van der Waals surface area contributed by atoms with E-state index in [0.717, 1.165) is 4.31 Å². The van der Waals surface area contributed by atoms with Gasteiger partial charge in [0.15, 0.2) is 6.61 Å². The first kappa shape index (κ1) is 17.6. The van der Waals surface area contributed by atoms with E-state index in [1.54, 1.807) is 30.3 Å². The number of hydrogen-bond donors (Lipinski definition) is 1. The Morgan fingerprint density at radius 1 is 1.12 bits per heavy atom. The van der Waals surface area contributed by atoms with Crippen LogP contribution in [0.5, 0.6) is 11.5 Å². The summed E-state index contributed by atoms with van der Waals surface area (Å²) in [6.07, 6.45) is 0. The first-order valence-corrected chi connectivity index (χ1v) is 8.36. The lowest BCUT2D eigenvalue weighted by molar-refractivity contribution is -0.139. The molecule has 24 heavy (non-hydrogen) atoms. The minimum atomic E-state index is -3.86. The summed E-state index contributed by atoms with van der Waals surface area (Å²) in [5.41, 5.74) is 0.494. The Labute approximate surface area is 140 Å². The molecule has 2 aromatic rings. The van der Waals surface area contributed by atoms with Crippen LogP contribution in [0.3, 0.4) is 0 Å². The zero-order valence-corrected chi connectivity index (χ0v) is 14.0. The lowest BCUT2D eigenvalue weighted by Gasteiger charge is -2.20. The van der Waals surface area contributed by atoms with Crippen molar-refractivity contribution in [2.75, 3.05) is 25.1 Å². The van der Waals surface area contributed by atoms with Crippen molar-refractivity contribution >= 4 is 21.7 Å². The molecule has 0 fully saturated rings. The predicted molar refractivity (Wildman–Crippen MR) is 88.2 cm³/mol. The number of hydrogen-bond acceptors (Lipinski definition) is 5. The molecule has 2 aromatic carbocycles. The Morgan fingerprint density at radius 2 is 1.75 bits per heavy atom. The number of rotatable bonds is 7. The van der Waals surface area contributed by atoms with Crippen molar-refractivity contribution in [3.63, 3.8) is 0 Å². The number of methoxy groups -OCH3 is 1. The number of benzene rings is 2. The topological polar surface area (TPSA) is 93.1 Å². The third-order valence-corrected chi connectivity index (χ3v) is 4.99. The van der Waals surface area contributed by atoms with Gasteiger partial charge in [0, 0.05) is 25.2 Å². The molecule has 0 saturated heterocycles. The molecule has 1 N–H and O–H groups in total. The zero-order chi connectivity index (χ0) is 17.7. The highest BCUT2D eigenvalue weighted by Gasteiger charge is 2.23. The molecule has 128 valence electrons. The summed E-state index contributed by atoms with van der Waals surface area (Å²) in [6, 6.07) is 12.6. The van der Waals surface area contributed by atoms with Crippen LogP contribution in [0.4, 0.5) is 5.69 Å². The average Bonchev–Trinajstić information content (AvgIpc) is 2.59. The van der Waals surface area contributed by atoms with Crippen LogP contribution in [0.25, 0.3) is 0 Å². The smallest absolute Gasteiger partial charge is 0.341 e. The Bertz CT molecular complexity index is 820. The van der Waals surface area contributed by atoms with E-state index in [0.29, 0.717) is 5.69 Å². The summed E-state index contributed by atoms with van der Waals surface area (Å²) in [7, 11) is -1.04. The maximum Gasteiger partial charge on any atom is 0.341 e. The van der Waals surface area contributed by atoms with Crippen LogP contribution in [0.1, 0.15) is 0 Å². The van der Waals surface area contributed by atoms with E-state index in [2.05, 4.69) is 0 Å². The van der Waals surface area contributed by atoms with E-state index in [9.17, 15) is 13.2 Å². The number of anilines is 1. The molecule has 0 bridgehead atoms. The number of sulfonamides is 1. The number of nitrogens with zero attached hydrogens (tertiary/aromatic N) is 1. The molecule has 0 aromatic heterocycles. The highest BCUT2D eigenvalue weighted by molar-refractivity contribution is 7.92. The SMILES string of the molecule is COc1cc(OCC(=O)O)cc(S(=O)(=O)N(C)c2ccccc2)c1. The van der Waals surface area contributed by atoms with Crippen molar-refractivity contribution in [3.05, 3.63) is 48.5 Å². The van der Waals surface area contributed by atoms with Crippen LogP contribution < -0.4 is 13.8 Å². The van der Waals surface area contributed by atoms with Crippen LogP contribution in [0.15, 0.2) is 53.4 Å². The molecule has 7 nitrogen and oxygen atoms in total. The van der Waals surface area contributed by atoms with Crippen molar-refractivity contribution in [3.8, 4) is 11.5 Å². The summed E-state index contributed by atoms with van der Waals surface area (Å²) in [4.78, 5) is 10.6. The van der Waals surface area contributed by atoms with Crippen LogP contribution in [-0.2, 0) is 14.8 Å². The maximum absolute atomic E-state index is 12.8. The van der Waals surface area contributed by atoms with Crippen LogP contribution in [0.2, 0.25) is 0 Å². The highest BCUT2D eigenvalue weighted by Crippen LogP contribution is 2.29. The van der Waals surface area contributed by atoms with Gasteiger partial charge in [-0.1, -0.05) is 18.2 Å². The summed E-state index contributed by atoms with van der Waals surface area (Å²) < 4.78 is 36.8. The number of ether oxygens (including phenoxy) is 2. The van der Waals surface area contributed by atoms with E-state index < -0.39 is 22.6 Å². The van der Waals surface area contributed by atoms with Crippen molar-refractivity contribution in [2.24, 2.45) is 0 Å². The number of carboxylic acids is 1. The van der Waals surface area contributed by atoms with Gasteiger partial charge in [-0.05, 0) is 12.1 Å². The quantitative estimate of drug-likeness (QED) is 0.820. The number of carbonyl (C=O) groups is 1. The molecule has 0 atom stereocenters. The van der Waals surface area contributed by atoms with Crippen molar-refractivity contribution < 1.29 is 27.8 Å². The average molecular weight is 351 g/mol. The first-order chi connectivity index (χ1) is 11.3. The van der Waals surface area contributed by atoms with E-state index in [4.69, 9.17) is 14.6 Å². The van der Waals surface area contributed by atoms with Crippen LogP contribution in [0, 0.1) is 0 Å². The lowest BCUT2D eigenvalue weighted by Crippen LogP contribution is -2.26. The Kier molecular flexibility index (Phi) is 5.30. The van der Waals surface area contributed by atoms with E-state index >= 15 is 0 Å². The first-order valence-electron chi connectivity index (χ1n) is 6.92. The molecular formula is C16H17NO6S. The maximum atomic E-state index is 12.8. The molecule has 0 aliphatic heterocycles. The molecule has 0 spiro atoms. The molecule has 0 radical (unpaired) electrons. The monoisotopic (exact) mass is 351 g/mol. The fourth-order valence-electron chi connectivity index (χ4n) is 1.98. The van der Waals surface area contributed by atoms with Gasteiger partial charge in [0.2, 0.25) is 0 Å². The number of carboxylic acid groups (broad SMARTS) is 1. The molecule has 8 heteroatoms. The second kappa shape index (κ2) is 7.22. The standard InChI is InChI=1S/C16H17NO6S/c1-17(12-6-4-3-5-7-12)24(20,21)15-9-13(22-2)8-14(10-15)23-11-16(18)19/h3-10H,11H2,1-2H3,(H,18,19). The molecular weight excluding hydrogens is 334 g/mol. The van der Waals surface area contributed by atoms with Crippen molar-refractivity contribution in [1.82, 2.24) is 0 Å². The van der Waals surface area contributed by atoms with E-state index in [1.807, 2.05) is 0 Å². The normalized spacial score (nSPS) is 10.9. The largest absolute Gasteiger partial charge is 0.497 e. The number of para-hydroxylation sites is 1. The van der Waals surface area contributed by atoms with Crippen molar-refractivity contribution in [2.45, 2.75) is 4.90 Å². The van der Waals surface area contributed by atoms with E-state index in [-0.39, 0.29) is 16.4 Å². The Hall–Kier alpha value is -2.74.